The van der Waals surface area contributed by atoms with Crippen LogP contribution in [0, 0.1) is 0 Å². The van der Waals surface area contributed by atoms with Gasteiger partial charge < -0.3 is 24.8 Å². The van der Waals surface area contributed by atoms with Gasteiger partial charge in [-0.3, -0.25) is 9.20 Å². The summed E-state index contributed by atoms with van der Waals surface area (Å²) in [4.78, 5) is 4.29. The molecule has 1 fully saturated rings. The zero-order chi connectivity index (χ0) is 19.1. The molecule has 0 saturated heterocycles. The number of fused-ring (bicyclic) bond motifs is 1. The number of benzene rings is 1. The van der Waals surface area contributed by atoms with Crippen LogP contribution in [-0.2, 0) is 10.8 Å². The van der Waals surface area contributed by atoms with Crippen molar-refractivity contribution in [2.24, 2.45) is 4.99 Å². The van der Waals surface area contributed by atoms with E-state index in [0.29, 0.717) is 30.2 Å². The molecule has 7 nitrogen and oxygen atoms in total. The fourth-order valence-corrected chi connectivity index (χ4v) is 4.79. The van der Waals surface area contributed by atoms with Crippen molar-refractivity contribution in [1.82, 2.24) is 10.6 Å². The molecule has 8 heteroatoms. The minimum absolute atomic E-state index is 0.260. The first-order valence-corrected chi connectivity index (χ1v) is 10.9. The van der Waals surface area contributed by atoms with Crippen LogP contribution in [0.15, 0.2) is 23.2 Å². The van der Waals surface area contributed by atoms with Crippen LogP contribution in [0.5, 0.6) is 17.2 Å². The molecular weight excluding hydrogens is 366 g/mol. The highest BCUT2D eigenvalue weighted by Gasteiger charge is 2.26. The number of rotatable bonds is 7. The quantitative estimate of drug-likeness (QED) is 0.418. The molecule has 1 aliphatic carbocycles. The van der Waals surface area contributed by atoms with E-state index in [2.05, 4.69) is 15.6 Å². The molecule has 0 bridgehead atoms. The number of aliphatic imine (C=N–C) groups is 1. The minimum atomic E-state index is -0.718. The van der Waals surface area contributed by atoms with Crippen LogP contribution in [0.3, 0.4) is 0 Å². The molecule has 1 saturated carbocycles. The fraction of sp³-hybridized carbons (Fsp3) is 0.632. The number of hydrogen-bond acceptors (Lipinski definition) is 5. The highest BCUT2D eigenvalue weighted by molar-refractivity contribution is 7.85. The van der Waals surface area contributed by atoms with Crippen LogP contribution >= 0.6 is 0 Å². The van der Waals surface area contributed by atoms with Crippen LogP contribution in [0.1, 0.15) is 32.6 Å². The van der Waals surface area contributed by atoms with Crippen molar-refractivity contribution in [1.29, 1.82) is 0 Å². The summed E-state index contributed by atoms with van der Waals surface area (Å²) in [6.45, 7) is 3.39. The molecule has 1 aliphatic heterocycles. The molecular formula is C19H29N3O4S. The molecule has 3 atom stereocenters. The predicted molar refractivity (Wildman–Crippen MR) is 107 cm³/mol. The second-order valence-corrected chi connectivity index (χ2v) is 8.67. The molecule has 1 aromatic rings. The Labute approximate surface area is 163 Å². The van der Waals surface area contributed by atoms with E-state index in [4.69, 9.17) is 14.2 Å². The van der Waals surface area contributed by atoms with Gasteiger partial charge in [0.1, 0.15) is 12.4 Å². The van der Waals surface area contributed by atoms with Crippen molar-refractivity contribution in [2.75, 3.05) is 32.7 Å². The van der Waals surface area contributed by atoms with Crippen LogP contribution in [0.25, 0.3) is 0 Å². The van der Waals surface area contributed by atoms with Crippen molar-refractivity contribution < 1.29 is 18.4 Å². The van der Waals surface area contributed by atoms with Gasteiger partial charge in [-0.05, 0) is 31.4 Å². The number of ether oxygens (including phenoxy) is 3. The fourth-order valence-electron chi connectivity index (χ4n) is 3.44. The summed E-state index contributed by atoms with van der Waals surface area (Å²) in [5.74, 6) is 3.72. The Morgan fingerprint density at radius 2 is 2.19 bits per heavy atom. The molecule has 0 spiro atoms. The topological polar surface area (TPSA) is 81.2 Å². The Hall–Kier alpha value is -1.96. The summed E-state index contributed by atoms with van der Waals surface area (Å²) < 4.78 is 28.5. The molecule has 0 radical (unpaired) electrons. The highest BCUT2D eigenvalue weighted by Crippen LogP contribution is 2.35. The number of nitrogens with zero attached hydrogens (tertiary/aromatic N) is 1. The van der Waals surface area contributed by atoms with Crippen molar-refractivity contribution >= 4 is 16.8 Å². The van der Waals surface area contributed by atoms with Gasteiger partial charge in [0, 0.05) is 41.0 Å². The zero-order valence-electron chi connectivity index (χ0n) is 16.0. The van der Waals surface area contributed by atoms with Gasteiger partial charge in [-0.2, -0.15) is 0 Å². The van der Waals surface area contributed by atoms with Gasteiger partial charge >= 0.3 is 0 Å². The molecule has 150 valence electrons. The predicted octanol–water partition coefficient (Wildman–Crippen LogP) is 2.04. The molecule has 27 heavy (non-hydrogen) atoms. The van der Waals surface area contributed by atoms with Crippen LogP contribution in [0.2, 0.25) is 0 Å². The lowest BCUT2D eigenvalue weighted by atomic mass is 9.95. The van der Waals surface area contributed by atoms with Crippen LogP contribution in [0.4, 0.5) is 0 Å². The maximum absolute atomic E-state index is 12.1. The van der Waals surface area contributed by atoms with E-state index in [0.717, 1.165) is 48.9 Å². The molecule has 0 aromatic heterocycles. The van der Waals surface area contributed by atoms with Gasteiger partial charge in [0.05, 0.1) is 6.54 Å². The van der Waals surface area contributed by atoms with Gasteiger partial charge in [-0.1, -0.05) is 13.3 Å². The number of hydrogen-bond donors (Lipinski definition) is 2. The van der Waals surface area contributed by atoms with Crippen molar-refractivity contribution in [3.05, 3.63) is 18.2 Å². The average Bonchev–Trinajstić information content (AvgIpc) is 3.17. The maximum atomic E-state index is 12.1. The summed E-state index contributed by atoms with van der Waals surface area (Å²) in [5, 5.41) is 7.04. The van der Waals surface area contributed by atoms with E-state index in [1.165, 1.54) is 0 Å². The maximum Gasteiger partial charge on any atom is 0.231 e. The molecule has 1 aromatic carbocycles. The van der Waals surface area contributed by atoms with Crippen molar-refractivity contribution in [3.8, 4) is 17.2 Å². The Kier molecular flexibility index (Phi) is 7.20. The van der Waals surface area contributed by atoms with E-state index in [9.17, 15) is 4.21 Å². The van der Waals surface area contributed by atoms with Gasteiger partial charge in [-0.25, -0.2) is 0 Å². The summed E-state index contributed by atoms with van der Waals surface area (Å²) in [6, 6.07) is 5.88. The zero-order valence-corrected chi connectivity index (χ0v) is 16.8. The molecule has 1 heterocycles. The molecule has 3 rings (SSSR count). The Morgan fingerprint density at radius 3 is 3.00 bits per heavy atom. The summed E-state index contributed by atoms with van der Waals surface area (Å²) in [5.41, 5.74) is 0. The first-order valence-electron chi connectivity index (χ1n) is 9.56. The third-order valence-electron chi connectivity index (χ3n) is 4.85. The molecule has 3 unspecified atom stereocenters. The largest absolute Gasteiger partial charge is 0.492 e. The van der Waals surface area contributed by atoms with E-state index in [1.807, 2.05) is 25.1 Å². The van der Waals surface area contributed by atoms with Gasteiger partial charge in [0.2, 0.25) is 6.79 Å². The van der Waals surface area contributed by atoms with Crippen molar-refractivity contribution in [2.45, 2.75) is 43.9 Å². The third kappa shape index (κ3) is 5.51. The number of nitrogens with one attached hydrogen (secondary N) is 2. The molecule has 0 amide bonds. The second-order valence-electron chi connectivity index (χ2n) is 6.66. The van der Waals surface area contributed by atoms with E-state index < -0.39 is 10.8 Å². The summed E-state index contributed by atoms with van der Waals surface area (Å²) in [6.07, 6.45) is 4.20. The average molecular weight is 396 g/mol. The van der Waals surface area contributed by atoms with Gasteiger partial charge in [0.25, 0.3) is 0 Å². The SMILES string of the molecule is CCS(=O)C1CCCC(NC(=NC)NCCOc2ccc3c(c2)OCO3)C1. The number of guanidine groups is 1. The van der Waals surface area contributed by atoms with Crippen LogP contribution in [-0.4, -0.2) is 54.2 Å². The summed E-state index contributed by atoms with van der Waals surface area (Å²) >= 11 is 0. The van der Waals surface area contributed by atoms with Crippen LogP contribution < -0.4 is 24.8 Å². The van der Waals surface area contributed by atoms with Gasteiger partial charge in [0.15, 0.2) is 17.5 Å². The Morgan fingerprint density at radius 1 is 1.33 bits per heavy atom. The van der Waals surface area contributed by atoms with Gasteiger partial charge in [-0.15, -0.1) is 0 Å². The smallest absolute Gasteiger partial charge is 0.231 e. The third-order valence-corrected chi connectivity index (χ3v) is 6.59. The highest BCUT2D eigenvalue weighted by atomic mass is 32.2. The Bertz CT molecular complexity index is 683. The lowest BCUT2D eigenvalue weighted by Gasteiger charge is -2.30. The molecule has 2 aliphatic rings. The van der Waals surface area contributed by atoms with E-state index in [1.54, 1.807) is 7.05 Å². The van der Waals surface area contributed by atoms with E-state index in [-0.39, 0.29) is 6.79 Å². The minimum Gasteiger partial charge on any atom is -0.492 e. The normalized spacial score (nSPS) is 23.0. The standard InChI is InChI=1S/C19H29N3O4S/c1-3-27(23)16-6-4-5-14(11-16)22-19(20-2)21-9-10-24-15-7-8-17-18(12-15)26-13-25-17/h7-8,12,14,16H,3-6,9-11,13H2,1-2H3,(H2,20,21,22). The van der Waals surface area contributed by atoms with Crippen molar-refractivity contribution in [3.63, 3.8) is 0 Å². The first kappa shape index (κ1) is 19.8. The lowest BCUT2D eigenvalue weighted by molar-refractivity contribution is 0.173. The molecule has 2 N–H and O–H groups in total. The second kappa shape index (κ2) is 9.82. The summed E-state index contributed by atoms with van der Waals surface area (Å²) in [7, 11) is 1.04. The monoisotopic (exact) mass is 395 g/mol. The lowest BCUT2D eigenvalue weighted by Crippen LogP contribution is -2.47. The van der Waals surface area contributed by atoms with E-state index >= 15 is 0 Å². The Balaban J connectivity index is 1.39. The first-order chi connectivity index (χ1) is 13.2.